The lowest BCUT2D eigenvalue weighted by molar-refractivity contribution is -0.00347. The molecule has 0 aromatic carbocycles. The highest BCUT2D eigenvalue weighted by Gasteiger charge is 2.34. The Morgan fingerprint density at radius 3 is 2.79 bits per heavy atom. The summed E-state index contributed by atoms with van der Waals surface area (Å²) in [5, 5.41) is 10.3. The monoisotopic (exact) mass is 258 g/mol. The molecule has 0 bridgehead atoms. The van der Waals surface area contributed by atoms with Crippen molar-refractivity contribution in [3.63, 3.8) is 0 Å². The topological polar surface area (TPSA) is 33.4 Å². The van der Waals surface area contributed by atoms with Gasteiger partial charge in [-0.3, -0.25) is 0 Å². The number of hydrogen-bond acceptors (Lipinski definition) is 2. The summed E-state index contributed by atoms with van der Waals surface area (Å²) in [5.41, 5.74) is -0.826. The average Bonchev–Trinajstić information content (AvgIpc) is 2.45. The Morgan fingerprint density at radius 2 is 2.36 bits per heavy atom. The van der Waals surface area contributed by atoms with Crippen LogP contribution < -0.4 is 0 Å². The van der Waals surface area contributed by atoms with E-state index < -0.39 is 5.60 Å². The zero-order chi connectivity index (χ0) is 10.2. The second-order valence-electron chi connectivity index (χ2n) is 4.37. The molecular formula is C11H15BrO2. The summed E-state index contributed by atoms with van der Waals surface area (Å²) in [7, 11) is 0. The van der Waals surface area contributed by atoms with Crippen LogP contribution in [0.3, 0.4) is 0 Å². The fraction of sp³-hybridized carbons (Fsp3) is 0.636. The van der Waals surface area contributed by atoms with Gasteiger partial charge < -0.3 is 9.52 Å². The third kappa shape index (κ3) is 1.89. The normalized spacial score (nSPS) is 21.6. The highest BCUT2D eigenvalue weighted by molar-refractivity contribution is 9.10. The van der Waals surface area contributed by atoms with Gasteiger partial charge in [0.05, 0.1) is 10.7 Å². The number of aliphatic hydroxyl groups is 1. The second kappa shape index (κ2) is 3.70. The van der Waals surface area contributed by atoms with E-state index in [1.807, 2.05) is 13.0 Å². The molecule has 14 heavy (non-hydrogen) atoms. The summed E-state index contributed by atoms with van der Waals surface area (Å²) in [4.78, 5) is 0. The Morgan fingerprint density at radius 1 is 1.64 bits per heavy atom. The van der Waals surface area contributed by atoms with Gasteiger partial charge in [-0.15, -0.1) is 0 Å². The van der Waals surface area contributed by atoms with E-state index in [0.29, 0.717) is 11.7 Å². The predicted octanol–water partition coefficient (Wildman–Crippen LogP) is 3.44. The molecule has 0 saturated heterocycles. The van der Waals surface area contributed by atoms with E-state index in [1.165, 1.54) is 19.3 Å². The lowest BCUT2D eigenvalue weighted by Gasteiger charge is -2.32. The summed E-state index contributed by atoms with van der Waals surface area (Å²) in [5.74, 6) is 1.33. The quantitative estimate of drug-likeness (QED) is 0.901. The van der Waals surface area contributed by atoms with Crippen molar-refractivity contribution in [3.8, 4) is 0 Å². The molecule has 1 aromatic rings. The maximum absolute atomic E-state index is 10.3. The van der Waals surface area contributed by atoms with Crippen LogP contribution in [0, 0.1) is 5.92 Å². The van der Waals surface area contributed by atoms with Crippen molar-refractivity contribution in [2.24, 2.45) is 5.92 Å². The highest BCUT2D eigenvalue weighted by Crippen LogP contribution is 2.40. The number of halogens is 1. The van der Waals surface area contributed by atoms with Crippen LogP contribution in [0.15, 0.2) is 21.2 Å². The van der Waals surface area contributed by atoms with Crippen LogP contribution >= 0.6 is 15.9 Å². The first-order chi connectivity index (χ1) is 6.59. The zero-order valence-corrected chi connectivity index (χ0v) is 9.88. The lowest BCUT2D eigenvalue weighted by atomic mass is 9.77. The van der Waals surface area contributed by atoms with Crippen molar-refractivity contribution < 1.29 is 9.52 Å². The van der Waals surface area contributed by atoms with Crippen LogP contribution in [0.2, 0.25) is 0 Å². The molecule has 2 nitrogen and oxygen atoms in total. The standard InChI is InChI=1S/C11H15BrO2/c1-11(13,7-8-3-2-4-8)10-9(12)5-6-14-10/h5-6,8,13H,2-4,7H2,1H3. The fourth-order valence-electron chi connectivity index (χ4n) is 2.03. The van der Waals surface area contributed by atoms with Gasteiger partial charge in [-0.1, -0.05) is 19.3 Å². The van der Waals surface area contributed by atoms with E-state index in [9.17, 15) is 5.11 Å². The molecule has 1 aromatic heterocycles. The minimum atomic E-state index is -0.826. The summed E-state index contributed by atoms with van der Waals surface area (Å²) in [6.45, 7) is 1.83. The van der Waals surface area contributed by atoms with Gasteiger partial charge in [-0.2, -0.15) is 0 Å². The lowest BCUT2D eigenvalue weighted by Crippen LogP contribution is -2.27. The van der Waals surface area contributed by atoms with Gasteiger partial charge in [0.1, 0.15) is 11.4 Å². The summed E-state index contributed by atoms with van der Waals surface area (Å²) >= 11 is 3.38. The van der Waals surface area contributed by atoms with E-state index in [2.05, 4.69) is 15.9 Å². The Kier molecular flexibility index (Phi) is 2.71. The van der Waals surface area contributed by atoms with E-state index in [-0.39, 0.29) is 0 Å². The molecule has 1 N–H and O–H groups in total. The molecule has 78 valence electrons. The van der Waals surface area contributed by atoms with Gasteiger partial charge in [0, 0.05) is 0 Å². The molecule has 3 heteroatoms. The van der Waals surface area contributed by atoms with Crippen LogP contribution in [-0.4, -0.2) is 5.11 Å². The van der Waals surface area contributed by atoms with E-state index in [4.69, 9.17) is 4.42 Å². The van der Waals surface area contributed by atoms with Crippen molar-refractivity contribution in [2.75, 3.05) is 0 Å². The molecule has 1 aliphatic rings. The van der Waals surface area contributed by atoms with Crippen molar-refractivity contribution in [2.45, 2.75) is 38.2 Å². The van der Waals surface area contributed by atoms with Crippen molar-refractivity contribution in [3.05, 3.63) is 22.6 Å². The van der Waals surface area contributed by atoms with Crippen molar-refractivity contribution in [1.29, 1.82) is 0 Å². The molecule has 1 saturated carbocycles. The molecule has 1 atom stereocenters. The van der Waals surface area contributed by atoms with Crippen LogP contribution in [-0.2, 0) is 5.60 Å². The molecule has 0 radical (unpaired) electrons. The molecule has 1 aliphatic carbocycles. The molecule has 0 spiro atoms. The molecule has 0 aliphatic heterocycles. The Hall–Kier alpha value is -0.280. The van der Waals surface area contributed by atoms with Crippen LogP contribution in [0.25, 0.3) is 0 Å². The Bertz CT molecular complexity index is 313. The largest absolute Gasteiger partial charge is 0.465 e. The van der Waals surface area contributed by atoms with E-state index in [1.54, 1.807) is 6.26 Å². The Balaban J connectivity index is 2.10. The van der Waals surface area contributed by atoms with Crippen molar-refractivity contribution >= 4 is 15.9 Å². The minimum absolute atomic E-state index is 0.657. The number of hydrogen-bond donors (Lipinski definition) is 1. The fourth-order valence-corrected chi connectivity index (χ4v) is 2.66. The minimum Gasteiger partial charge on any atom is -0.465 e. The molecule has 1 unspecified atom stereocenters. The summed E-state index contributed by atoms with van der Waals surface area (Å²) in [6, 6.07) is 1.82. The van der Waals surface area contributed by atoms with Gasteiger partial charge in [-0.05, 0) is 41.3 Å². The molecule has 1 fully saturated rings. The molecule has 1 heterocycles. The maximum atomic E-state index is 10.3. The second-order valence-corrected chi connectivity index (χ2v) is 5.23. The van der Waals surface area contributed by atoms with Gasteiger partial charge in [0.25, 0.3) is 0 Å². The van der Waals surface area contributed by atoms with E-state index in [0.717, 1.165) is 10.9 Å². The van der Waals surface area contributed by atoms with E-state index >= 15 is 0 Å². The van der Waals surface area contributed by atoms with Gasteiger partial charge in [0.15, 0.2) is 0 Å². The highest BCUT2D eigenvalue weighted by atomic mass is 79.9. The third-order valence-electron chi connectivity index (χ3n) is 3.02. The first-order valence-electron chi connectivity index (χ1n) is 5.05. The molecular weight excluding hydrogens is 244 g/mol. The first kappa shape index (κ1) is 10.2. The smallest absolute Gasteiger partial charge is 0.149 e. The summed E-state index contributed by atoms with van der Waals surface area (Å²) < 4.78 is 6.16. The number of rotatable bonds is 3. The Labute approximate surface area is 92.4 Å². The van der Waals surface area contributed by atoms with Crippen molar-refractivity contribution in [1.82, 2.24) is 0 Å². The number of furan rings is 1. The third-order valence-corrected chi connectivity index (χ3v) is 3.64. The first-order valence-corrected chi connectivity index (χ1v) is 5.85. The van der Waals surface area contributed by atoms with Gasteiger partial charge in [-0.25, -0.2) is 0 Å². The summed E-state index contributed by atoms with van der Waals surface area (Å²) in [6.07, 6.45) is 6.21. The SMILES string of the molecule is CC(O)(CC1CCC1)c1occc1Br. The maximum Gasteiger partial charge on any atom is 0.149 e. The van der Waals surface area contributed by atoms with Gasteiger partial charge in [0.2, 0.25) is 0 Å². The zero-order valence-electron chi connectivity index (χ0n) is 8.29. The van der Waals surface area contributed by atoms with Gasteiger partial charge >= 0.3 is 0 Å². The predicted molar refractivity (Wildman–Crippen MR) is 57.9 cm³/mol. The average molecular weight is 259 g/mol. The van der Waals surface area contributed by atoms with Crippen LogP contribution in [0.5, 0.6) is 0 Å². The molecule has 2 rings (SSSR count). The van der Waals surface area contributed by atoms with Crippen LogP contribution in [0.4, 0.5) is 0 Å². The van der Waals surface area contributed by atoms with Crippen LogP contribution in [0.1, 0.15) is 38.4 Å². The molecule has 0 amide bonds.